The topological polar surface area (TPSA) is 20.2 Å². The Kier molecular flexibility index (Phi) is 5.85. The average molecular weight is 429 g/mol. The van der Waals surface area contributed by atoms with Crippen LogP contribution in [0.15, 0.2) is 25.4 Å². The van der Waals surface area contributed by atoms with Crippen molar-refractivity contribution >= 4 is 94.1 Å². The van der Waals surface area contributed by atoms with Gasteiger partial charge in [0.1, 0.15) is 0 Å². The van der Waals surface area contributed by atoms with Gasteiger partial charge >= 0.3 is 0 Å². The summed E-state index contributed by atoms with van der Waals surface area (Å²) in [4.78, 5) is 0. The highest BCUT2D eigenvalue weighted by molar-refractivity contribution is 8.45. The van der Waals surface area contributed by atoms with Gasteiger partial charge in [0.2, 0.25) is 0 Å². The summed E-state index contributed by atoms with van der Waals surface area (Å²) in [5.41, 5.74) is 0. The second kappa shape index (κ2) is 7.47. The van der Waals surface area contributed by atoms with E-state index >= 15 is 0 Å². The van der Waals surface area contributed by atoms with Crippen LogP contribution in [0.3, 0.4) is 0 Å². The van der Waals surface area contributed by atoms with E-state index in [1.807, 2.05) is 94.1 Å². The first-order valence-electron chi connectivity index (χ1n) is 6.43. The molecule has 0 amide bonds. The molecule has 0 radical (unpaired) electrons. The Morgan fingerprint density at radius 3 is 1.95 bits per heavy atom. The van der Waals surface area contributed by atoms with Crippen molar-refractivity contribution in [2.75, 3.05) is 23.9 Å². The number of hydrogen-bond acceptors (Lipinski definition) is 9. The molecule has 1 unspecified atom stereocenters. The maximum atomic E-state index is 9.13. The third kappa shape index (κ3) is 3.66. The second-order valence-electron chi connectivity index (χ2n) is 4.39. The van der Waals surface area contributed by atoms with Gasteiger partial charge < -0.3 is 5.11 Å². The number of thioether (sulfide) groups is 8. The molecule has 4 aliphatic heterocycles. The van der Waals surface area contributed by atoms with E-state index in [9.17, 15) is 0 Å². The summed E-state index contributed by atoms with van der Waals surface area (Å²) < 4.78 is 9.00. The standard InChI is InChI=1S/C12H12OS8/c13-2-1-6-5-16-9-10(17-6)21-12(20-9)11-18-7-8(19-11)15-4-3-14-7/h6,13H,1-5H2. The molecule has 0 saturated carbocycles. The molecule has 4 rings (SSSR count). The van der Waals surface area contributed by atoms with Crippen molar-refractivity contribution < 1.29 is 5.11 Å². The molecule has 9 heteroatoms. The van der Waals surface area contributed by atoms with Crippen molar-refractivity contribution in [2.45, 2.75) is 11.7 Å². The lowest BCUT2D eigenvalue weighted by Crippen LogP contribution is -2.11. The fourth-order valence-corrected chi connectivity index (χ4v) is 14.6. The number of aliphatic hydroxyl groups is 1. The van der Waals surface area contributed by atoms with E-state index in [4.69, 9.17) is 5.11 Å². The summed E-state index contributed by atoms with van der Waals surface area (Å²) in [6.07, 6.45) is 0.915. The number of aliphatic hydroxyl groups excluding tert-OH is 1. The normalized spacial score (nSPS) is 29.3. The Bertz CT molecular complexity index is 531. The van der Waals surface area contributed by atoms with E-state index in [0.29, 0.717) is 11.9 Å². The van der Waals surface area contributed by atoms with Crippen molar-refractivity contribution in [3.05, 3.63) is 25.4 Å². The highest BCUT2D eigenvalue weighted by atomic mass is 32.3. The van der Waals surface area contributed by atoms with Gasteiger partial charge in [-0.3, -0.25) is 0 Å². The van der Waals surface area contributed by atoms with Gasteiger partial charge in [-0.1, -0.05) is 47.0 Å². The summed E-state index contributed by atoms with van der Waals surface area (Å²) >= 11 is 15.9. The smallest absolute Gasteiger partial charge is 0.0717 e. The lowest BCUT2D eigenvalue weighted by atomic mass is 10.3. The fraction of sp³-hybridized carbons (Fsp3) is 0.500. The van der Waals surface area contributed by atoms with Crippen molar-refractivity contribution in [1.29, 1.82) is 0 Å². The highest BCUT2D eigenvalue weighted by Crippen LogP contribution is 2.68. The second-order valence-corrected chi connectivity index (χ2v) is 14.6. The van der Waals surface area contributed by atoms with Crippen molar-refractivity contribution in [3.63, 3.8) is 0 Å². The molecule has 0 aliphatic carbocycles. The third-order valence-electron chi connectivity index (χ3n) is 2.92. The number of rotatable bonds is 2. The first-order chi connectivity index (χ1) is 10.3. The van der Waals surface area contributed by atoms with Crippen LogP contribution in [0.2, 0.25) is 0 Å². The van der Waals surface area contributed by atoms with Crippen LogP contribution in [0.4, 0.5) is 0 Å². The Balaban J connectivity index is 1.45. The van der Waals surface area contributed by atoms with Crippen LogP contribution in [0, 0.1) is 0 Å². The van der Waals surface area contributed by atoms with Gasteiger partial charge in [0.05, 0.1) is 25.4 Å². The predicted molar refractivity (Wildman–Crippen MR) is 112 cm³/mol. The van der Waals surface area contributed by atoms with Crippen molar-refractivity contribution in [2.24, 2.45) is 0 Å². The molecule has 4 aliphatic rings. The molecule has 1 nitrogen and oxygen atoms in total. The van der Waals surface area contributed by atoms with Gasteiger partial charge in [0.15, 0.2) is 0 Å². The van der Waals surface area contributed by atoms with Crippen molar-refractivity contribution in [3.8, 4) is 0 Å². The van der Waals surface area contributed by atoms with E-state index in [2.05, 4.69) is 0 Å². The van der Waals surface area contributed by atoms with Crippen LogP contribution in [0.5, 0.6) is 0 Å². The summed E-state index contributed by atoms with van der Waals surface area (Å²) in [7, 11) is 0. The zero-order valence-corrected chi connectivity index (χ0v) is 17.4. The molecule has 0 spiro atoms. The molecule has 0 bridgehead atoms. The Morgan fingerprint density at radius 2 is 1.33 bits per heavy atom. The molecule has 21 heavy (non-hydrogen) atoms. The molecular formula is C12H12OS8. The maximum absolute atomic E-state index is 9.13. The molecule has 0 aromatic rings. The molecule has 0 saturated heterocycles. The van der Waals surface area contributed by atoms with Gasteiger partial charge in [0.25, 0.3) is 0 Å². The van der Waals surface area contributed by atoms with E-state index in [1.165, 1.54) is 36.9 Å². The summed E-state index contributed by atoms with van der Waals surface area (Å²) in [5.74, 6) is 3.65. The minimum absolute atomic E-state index is 0.309. The molecule has 0 fully saturated rings. The van der Waals surface area contributed by atoms with Crippen LogP contribution < -0.4 is 0 Å². The van der Waals surface area contributed by atoms with Gasteiger partial charge in [-0.15, -0.1) is 47.0 Å². The lowest BCUT2D eigenvalue weighted by molar-refractivity contribution is 0.289. The summed E-state index contributed by atoms with van der Waals surface area (Å²) in [6.45, 7) is 0.309. The Labute approximate surface area is 158 Å². The van der Waals surface area contributed by atoms with E-state index in [1.54, 1.807) is 0 Å². The van der Waals surface area contributed by atoms with Crippen LogP contribution in [-0.2, 0) is 0 Å². The third-order valence-corrected chi connectivity index (χ3v) is 15.3. The summed E-state index contributed by atoms with van der Waals surface area (Å²) in [6, 6.07) is 0. The van der Waals surface area contributed by atoms with Crippen LogP contribution >= 0.6 is 94.1 Å². The fourth-order valence-electron chi connectivity index (χ4n) is 1.96. The molecule has 0 aromatic carbocycles. The van der Waals surface area contributed by atoms with E-state index < -0.39 is 0 Å². The van der Waals surface area contributed by atoms with Gasteiger partial charge in [-0.25, -0.2) is 0 Å². The van der Waals surface area contributed by atoms with E-state index in [-0.39, 0.29) is 0 Å². The molecule has 4 heterocycles. The quantitative estimate of drug-likeness (QED) is 0.563. The average Bonchev–Trinajstić information content (AvgIpc) is 3.10. The van der Waals surface area contributed by atoms with Gasteiger partial charge in [-0.05, 0) is 6.42 Å². The predicted octanol–water partition coefficient (Wildman–Crippen LogP) is 6.04. The van der Waals surface area contributed by atoms with Crippen LogP contribution in [0.25, 0.3) is 0 Å². The van der Waals surface area contributed by atoms with Crippen LogP contribution in [0.1, 0.15) is 6.42 Å². The minimum atomic E-state index is 0.309. The van der Waals surface area contributed by atoms with Crippen molar-refractivity contribution in [1.82, 2.24) is 0 Å². The molecule has 114 valence electrons. The minimum Gasteiger partial charge on any atom is -0.396 e. The molecular weight excluding hydrogens is 417 g/mol. The summed E-state index contributed by atoms with van der Waals surface area (Å²) in [5, 5.41) is 9.71. The first-order valence-corrected chi connectivity index (χ1v) is 13.5. The van der Waals surface area contributed by atoms with Gasteiger partial charge in [0, 0.05) is 29.1 Å². The Morgan fingerprint density at radius 1 is 0.762 bits per heavy atom. The highest BCUT2D eigenvalue weighted by Gasteiger charge is 2.34. The first kappa shape index (κ1) is 16.4. The SMILES string of the molecule is OCCC1CSC2=C(SC(=C3SC4=C(SCCS4)S3)S2)S1. The zero-order valence-electron chi connectivity index (χ0n) is 10.8. The van der Waals surface area contributed by atoms with Crippen LogP contribution in [-0.4, -0.2) is 34.2 Å². The zero-order chi connectivity index (χ0) is 14.2. The maximum Gasteiger partial charge on any atom is 0.0717 e. The molecule has 1 N–H and O–H groups in total. The molecule has 0 aromatic heterocycles. The van der Waals surface area contributed by atoms with E-state index in [0.717, 1.165) is 12.2 Å². The number of hydrogen-bond donors (Lipinski definition) is 1. The molecule has 1 atom stereocenters. The largest absolute Gasteiger partial charge is 0.396 e. The monoisotopic (exact) mass is 428 g/mol. The van der Waals surface area contributed by atoms with Gasteiger partial charge in [-0.2, -0.15) is 0 Å². The Hall–Kier alpha value is 1.98. The lowest BCUT2D eigenvalue weighted by Gasteiger charge is -2.20.